The third kappa shape index (κ3) is 21.0. The number of phenols is 32. The lowest BCUT2D eigenvalue weighted by atomic mass is 9.80. The molecule has 724 valence electrons. The summed E-state index contributed by atoms with van der Waals surface area (Å²) in [6.45, 7) is 12.0. The summed E-state index contributed by atoms with van der Waals surface area (Å²) >= 11 is 0. The number of benzene rings is 16. The molecule has 32 N–H and O–H groups in total. The minimum atomic E-state index is -1.11. The van der Waals surface area contributed by atoms with Gasteiger partial charge in [-0.25, -0.2) is 0 Å². The van der Waals surface area contributed by atoms with Crippen LogP contribution in [0, 0.1) is 0 Å². The third-order valence-corrected chi connectivity index (χ3v) is 22.9. The second kappa shape index (κ2) is 43.0. The van der Waals surface area contributed by atoms with Crippen molar-refractivity contribution in [3.8, 4) is 195 Å². The molecule has 0 amide bonds. The van der Waals surface area contributed by atoms with E-state index in [0.717, 1.165) is 46.5 Å². The van der Waals surface area contributed by atoms with Crippen molar-refractivity contribution in [2.75, 3.05) is 0 Å². The summed E-state index contributed by atoms with van der Waals surface area (Å²) in [4.78, 5) is 0. The van der Waals surface area contributed by atoms with Gasteiger partial charge in [-0.3, -0.25) is 0 Å². The van der Waals surface area contributed by atoms with Crippen LogP contribution in [0.25, 0.3) is 11.1 Å². The van der Waals surface area contributed by atoms with Crippen LogP contribution in [-0.2, 0) is 0 Å². The Morgan fingerprint density at radius 3 is 0.414 bits per heavy atom. The van der Waals surface area contributed by atoms with E-state index in [4.69, 9.17) is 0 Å². The highest BCUT2D eigenvalue weighted by molar-refractivity contribution is 5.71. The molecule has 0 aliphatic rings. The zero-order chi connectivity index (χ0) is 103. The lowest BCUT2D eigenvalue weighted by molar-refractivity contribution is 0.360. The fraction of sp³-hybridized carbons (Fsp3) is 0.111. The Labute approximate surface area is 798 Å². The molecular formula is C108H100O32. The summed E-state index contributed by atoms with van der Waals surface area (Å²) < 4.78 is 0. The first-order valence-corrected chi connectivity index (χ1v) is 43.1. The van der Waals surface area contributed by atoms with E-state index in [1.165, 1.54) is 146 Å². The van der Waals surface area contributed by atoms with Crippen LogP contribution >= 0.6 is 0 Å². The molecule has 140 heavy (non-hydrogen) atoms. The van der Waals surface area contributed by atoms with Gasteiger partial charge in [0.15, 0.2) is 161 Å². The van der Waals surface area contributed by atoms with Gasteiger partial charge in [-0.2, -0.15) is 0 Å². The van der Waals surface area contributed by atoms with E-state index in [1.807, 2.05) is 90.1 Å². The Morgan fingerprint density at radius 1 is 0.107 bits per heavy atom. The third-order valence-electron chi connectivity index (χ3n) is 22.9. The van der Waals surface area contributed by atoms with Crippen LogP contribution < -0.4 is 0 Å². The molecule has 32 nitrogen and oxygen atoms in total. The highest BCUT2D eigenvalue weighted by atomic mass is 16.4. The maximum Gasteiger partial charge on any atom is 0.200 e. The maximum absolute atomic E-state index is 10.7. The van der Waals surface area contributed by atoms with Crippen molar-refractivity contribution in [2.24, 2.45) is 0 Å². The second-order valence-electron chi connectivity index (χ2n) is 31.3. The molecular weight excluding hydrogens is 1810 g/mol. The lowest BCUT2D eigenvalue weighted by Crippen LogP contribution is -2.07. The van der Waals surface area contributed by atoms with Crippen LogP contribution in [0.5, 0.6) is 184 Å². The molecule has 0 saturated carbocycles. The van der Waals surface area contributed by atoms with Gasteiger partial charge in [0.05, 0.1) is 0 Å². The van der Waals surface area contributed by atoms with E-state index in [0.29, 0.717) is 44.5 Å². The zero-order valence-electron chi connectivity index (χ0n) is 75.2. The van der Waals surface area contributed by atoms with Crippen molar-refractivity contribution < 1.29 is 163 Å². The Bertz CT molecular complexity index is 6340. The van der Waals surface area contributed by atoms with Crippen molar-refractivity contribution in [3.05, 3.63) is 367 Å². The van der Waals surface area contributed by atoms with Crippen molar-refractivity contribution in [1.29, 1.82) is 0 Å². The molecule has 0 fully saturated rings. The van der Waals surface area contributed by atoms with Crippen LogP contribution in [0.2, 0.25) is 0 Å². The molecule has 0 heterocycles. The van der Waals surface area contributed by atoms with Crippen molar-refractivity contribution in [1.82, 2.24) is 0 Å². The van der Waals surface area contributed by atoms with Gasteiger partial charge in [-0.1, -0.05) is 187 Å². The summed E-state index contributed by atoms with van der Waals surface area (Å²) in [5.41, 5.74) is 8.61. The van der Waals surface area contributed by atoms with Gasteiger partial charge in [0.1, 0.15) is 0 Å². The molecule has 0 aliphatic heterocycles. The first-order chi connectivity index (χ1) is 66.7. The number of rotatable bonds is 19. The summed E-state index contributed by atoms with van der Waals surface area (Å²) in [7, 11) is 0. The summed E-state index contributed by atoms with van der Waals surface area (Å²) in [5, 5.41) is 325. The van der Waals surface area contributed by atoms with E-state index in [2.05, 4.69) is 0 Å². The van der Waals surface area contributed by atoms with Crippen molar-refractivity contribution in [3.63, 3.8) is 0 Å². The number of hydrogen-bond donors (Lipinski definition) is 32. The van der Waals surface area contributed by atoms with Crippen LogP contribution in [0.1, 0.15) is 177 Å². The maximum atomic E-state index is 10.7. The Kier molecular flexibility index (Phi) is 31.2. The molecule has 0 spiro atoms. The fourth-order valence-corrected chi connectivity index (χ4v) is 16.2. The van der Waals surface area contributed by atoms with E-state index >= 15 is 0 Å². The molecule has 0 radical (unpaired) electrons. The molecule has 0 bridgehead atoms. The average molecular weight is 1910 g/mol. The summed E-state index contributed by atoms with van der Waals surface area (Å²) in [5.74, 6) is -23.9. The highest BCUT2D eigenvalue weighted by Gasteiger charge is 2.34. The molecule has 0 atom stereocenters. The van der Waals surface area contributed by atoms with Crippen LogP contribution in [0.3, 0.4) is 0 Å². The lowest BCUT2D eigenvalue weighted by Gasteiger charge is -2.24. The molecule has 16 rings (SSSR count). The minimum absolute atomic E-state index is 0.00723. The van der Waals surface area contributed by atoms with Gasteiger partial charge in [0, 0.05) is 57.8 Å². The molecule has 0 unspecified atom stereocenters. The standard InChI is InChI=1S/C38H30O8.2C32H26O12.3C2H6/c39-29-13-9-25(17-33(29)43)37(26-10-14-30(40)34(44)18-26)23-5-1-21(2-6-23)22-3-7-24(8-4-22)38(27-11-15-31(41)35(45)19-27)28-12-16-32(42)36(46)20-28;33-19-5-15(6-20(34)29(19)41)27(16-7-21(35)30(42)22(36)8-16)13-1-2-14(4-3-13)28(17-9-23(37)31(43)24(38)10-17)18-11-25(39)32(44)26(40)12-18;33-19-9-5-15(25(37)29(19)41)23(16-6-10-20(34)30(42)26(16)38)13-1-2-14(4-3-13)24(17-7-11-21(35)31(43)27(17)39)18-8-12-22(36)32(44)28(18)40;3*1-2/h1-20,37-46H;1-12,27-28,33-44H;1-12,23-24,33-44H;3*1-2H3. The quantitative estimate of drug-likeness (QED) is 0.0264. The van der Waals surface area contributed by atoms with Gasteiger partial charge in [-0.05, 0) is 210 Å². The molecule has 16 aromatic carbocycles. The van der Waals surface area contributed by atoms with Gasteiger partial charge in [0.25, 0.3) is 0 Å². The number of phenolic OH excluding ortho intramolecular Hbond substituents is 32. The largest absolute Gasteiger partial charge is 0.504 e. The number of aromatic hydroxyl groups is 32. The monoisotopic (exact) mass is 1910 g/mol. The first kappa shape index (κ1) is 102. The minimum Gasteiger partial charge on any atom is -0.504 e. The highest BCUT2D eigenvalue weighted by Crippen LogP contribution is 2.56. The van der Waals surface area contributed by atoms with Gasteiger partial charge in [0.2, 0.25) is 23.0 Å². The first-order valence-electron chi connectivity index (χ1n) is 43.1. The van der Waals surface area contributed by atoms with Gasteiger partial charge < -0.3 is 163 Å². The average Bonchev–Trinajstić information content (AvgIpc) is 0.766. The predicted octanol–water partition coefficient (Wildman–Crippen LogP) is 19.5. The Balaban J connectivity index is 0.000000196. The van der Waals surface area contributed by atoms with Gasteiger partial charge >= 0.3 is 0 Å². The predicted molar refractivity (Wildman–Crippen MR) is 515 cm³/mol. The van der Waals surface area contributed by atoms with E-state index in [-0.39, 0.29) is 90.5 Å². The van der Waals surface area contributed by atoms with Gasteiger partial charge in [-0.15, -0.1) is 0 Å². The van der Waals surface area contributed by atoms with Crippen molar-refractivity contribution >= 4 is 0 Å². The molecule has 0 aromatic heterocycles. The summed E-state index contributed by atoms with van der Waals surface area (Å²) in [6.07, 6.45) is 0. The number of hydrogen-bond acceptors (Lipinski definition) is 32. The van der Waals surface area contributed by atoms with Crippen molar-refractivity contribution in [2.45, 2.75) is 77.0 Å². The SMILES string of the molecule is CC.CC.CC.Oc1cc(C(c2ccc(C(c3cc(O)c(O)c(O)c3)c3cc(O)c(O)c(O)c3)cc2)c2cc(O)c(O)c(O)c2)cc(O)c1O.Oc1ccc(C(c2ccc(-c3ccc(C(c4ccc(O)c(O)c4)c4ccc(O)c(O)c4)cc3)cc2)c2ccc(O)c(O)c2)cc1O.Oc1ccc(C(c2ccc(C(c3ccc(O)c(O)c3O)c3ccc(O)c(O)c3O)cc2)c2ccc(O)c(O)c2O)c(O)c1O. The fourth-order valence-electron chi connectivity index (χ4n) is 16.2. The smallest absolute Gasteiger partial charge is 0.200 e. The normalized spacial score (nSPS) is 10.9. The topological polar surface area (TPSA) is 647 Å². The molecule has 0 aliphatic carbocycles. The van der Waals surface area contributed by atoms with Crippen LogP contribution in [-0.4, -0.2) is 163 Å². The zero-order valence-corrected chi connectivity index (χ0v) is 75.2. The Morgan fingerprint density at radius 2 is 0.243 bits per heavy atom. The van der Waals surface area contributed by atoms with Crippen LogP contribution in [0.4, 0.5) is 0 Å². The van der Waals surface area contributed by atoms with E-state index < -0.39 is 173 Å². The summed E-state index contributed by atoms with van der Waals surface area (Å²) in [6, 6.07) is 65.1. The van der Waals surface area contributed by atoms with E-state index in [9.17, 15) is 163 Å². The Hall–Kier alpha value is -18.9. The van der Waals surface area contributed by atoms with E-state index in [1.54, 1.807) is 48.5 Å². The molecule has 16 aromatic rings. The molecule has 32 heteroatoms. The van der Waals surface area contributed by atoms with Crippen LogP contribution in [0.15, 0.2) is 267 Å². The second-order valence-corrected chi connectivity index (χ2v) is 31.3. The molecule has 0 saturated heterocycles.